The Bertz CT molecular complexity index is 526. The molecule has 68 valence electrons. The van der Waals surface area contributed by atoms with Crippen molar-refractivity contribution in [3.63, 3.8) is 0 Å². The number of nitrogens with zero attached hydrogens (tertiary/aromatic N) is 2. The number of nitrogens with one attached hydrogen (secondary N) is 1. The number of aryl methyl sites for hydroxylation is 2. The van der Waals surface area contributed by atoms with Crippen molar-refractivity contribution < 1.29 is 0 Å². The summed E-state index contributed by atoms with van der Waals surface area (Å²) in [5.41, 5.74) is 1.40. The molecular formula is C8H8ClN3O. The largest absolute Gasteiger partial charge is 0.333 e. The van der Waals surface area contributed by atoms with Gasteiger partial charge in [-0.25, -0.2) is 4.98 Å². The Morgan fingerprint density at radius 1 is 1.62 bits per heavy atom. The molecular weight excluding hydrogens is 190 g/mol. The van der Waals surface area contributed by atoms with Crippen LogP contribution in [0.25, 0.3) is 11.0 Å². The first-order valence-corrected chi connectivity index (χ1v) is 4.19. The van der Waals surface area contributed by atoms with Crippen LogP contribution >= 0.6 is 11.6 Å². The van der Waals surface area contributed by atoms with Crippen molar-refractivity contribution in [2.75, 3.05) is 0 Å². The van der Waals surface area contributed by atoms with Crippen molar-refractivity contribution in [2.24, 2.45) is 7.05 Å². The molecule has 13 heavy (non-hydrogen) atoms. The summed E-state index contributed by atoms with van der Waals surface area (Å²) in [4.78, 5) is 17.8. The molecule has 0 fully saturated rings. The lowest BCUT2D eigenvalue weighted by Crippen LogP contribution is -2.07. The lowest BCUT2D eigenvalue weighted by atomic mass is 10.4. The molecule has 5 heteroatoms. The molecule has 0 aromatic carbocycles. The van der Waals surface area contributed by atoms with E-state index in [4.69, 9.17) is 11.6 Å². The van der Waals surface area contributed by atoms with E-state index in [9.17, 15) is 4.79 Å². The van der Waals surface area contributed by atoms with Crippen LogP contribution in [0.2, 0.25) is 5.28 Å². The van der Waals surface area contributed by atoms with Gasteiger partial charge in [0.05, 0.1) is 5.39 Å². The van der Waals surface area contributed by atoms with E-state index in [2.05, 4.69) is 9.97 Å². The highest BCUT2D eigenvalue weighted by Crippen LogP contribution is 2.12. The Morgan fingerprint density at radius 2 is 2.31 bits per heavy atom. The third kappa shape index (κ3) is 1.14. The molecule has 0 aliphatic rings. The van der Waals surface area contributed by atoms with Crippen LogP contribution in [0.1, 0.15) is 5.69 Å². The van der Waals surface area contributed by atoms with Crippen molar-refractivity contribution in [1.29, 1.82) is 0 Å². The number of hydrogen-bond donors (Lipinski definition) is 1. The van der Waals surface area contributed by atoms with Crippen LogP contribution in [0.5, 0.6) is 0 Å². The van der Waals surface area contributed by atoms with E-state index < -0.39 is 0 Å². The SMILES string of the molecule is Cc1cc2c(=O)[nH]c(Cl)nc2n1C. The number of hydrogen-bond acceptors (Lipinski definition) is 2. The van der Waals surface area contributed by atoms with E-state index in [-0.39, 0.29) is 10.8 Å². The van der Waals surface area contributed by atoms with Crippen LogP contribution in [0, 0.1) is 6.92 Å². The number of halogens is 1. The van der Waals surface area contributed by atoms with Gasteiger partial charge in [-0.05, 0) is 24.6 Å². The smallest absolute Gasteiger partial charge is 0.261 e. The number of aromatic amines is 1. The Hall–Kier alpha value is -1.29. The number of rotatable bonds is 0. The van der Waals surface area contributed by atoms with E-state index >= 15 is 0 Å². The van der Waals surface area contributed by atoms with Gasteiger partial charge in [0, 0.05) is 12.7 Å². The molecule has 0 amide bonds. The molecule has 2 aromatic rings. The third-order valence-electron chi connectivity index (χ3n) is 2.11. The monoisotopic (exact) mass is 197 g/mol. The highest BCUT2D eigenvalue weighted by atomic mass is 35.5. The van der Waals surface area contributed by atoms with Gasteiger partial charge in [0.15, 0.2) is 0 Å². The van der Waals surface area contributed by atoms with Gasteiger partial charge in [-0.1, -0.05) is 0 Å². The molecule has 1 N–H and O–H groups in total. The fourth-order valence-corrected chi connectivity index (χ4v) is 1.47. The number of aromatic nitrogens is 3. The van der Waals surface area contributed by atoms with Crippen LogP contribution in [0.4, 0.5) is 0 Å². The van der Waals surface area contributed by atoms with Gasteiger partial charge in [-0.2, -0.15) is 0 Å². The second kappa shape index (κ2) is 2.60. The molecule has 0 aliphatic heterocycles. The van der Waals surface area contributed by atoms with Crippen LogP contribution < -0.4 is 5.56 Å². The van der Waals surface area contributed by atoms with Gasteiger partial charge >= 0.3 is 0 Å². The molecule has 0 saturated carbocycles. The van der Waals surface area contributed by atoms with Gasteiger partial charge in [0.25, 0.3) is 5.56 Å². The van der Waals surface area contributed by atoms with Crippen LogP contribution in [-0.4, -0.2) is 14.5 Å². The molecule has 2 heterocycles. The molecule has 0 aliphatic carbocycles. The summed E-state index contributed by atoms with van der Waals surface area (Å²) in [6.07, 6.45) is 0. The summed E-state index contributed by atoms with van der Waals surface area (Å²) in [7, 11) is 1.85. The molecule has 0 spiro atoms. The standard InChI is InChI=1S/C8H8ClN3O/c1-4-3-5-6(12(4)2)10-8(9)11-7(5)13/h3H,1-2H3,(H,10,11,13). The first kappa shape index (κ1) is 8.31. The minimum Gasteiger partial charge on any atom is -0.333 e. The second-order valence-electron chi connectivity index (χ2n) is 2.94. The zero-order valence-electron chi connectivity index (χ0n) is 7.26. The molecule has 0 atom stereocenters. The highest BCUT2D eigenvalue weighted by molar-refractivity contribution is 6.28. The van der Waals surface area contributed by atoms with E-state index in [0.29, 0.717) is 11.0 Å². The third-order valence-corrected chi connectivity index (χ3v) is 2.29. The minimum atomic E-state index is -0.196. The molecule has 4 nitrogen and oxygen atoms in total. The minimum absolute atomic E-state index is 0.124. The average Bonchev–Trinajstić information content (AvgIpc) is 2.32. The maximum absolute atomic E-state index is 11.4. The highest BCUT2D eigenvalue weighted by Gasteiger charge is 2.07. The molecule has 0 saturated heterocycles. The van der Waals surface area contributed by atoms with Gasteiger partial charge in [0.2, 0.25) is 5.28 Å². The van der Waals surface area contributed by atoms with E-state index in [1.54, 1.807) is 6.07 Å². The maximum Gasteiger partial charge on any atom is 0.261 e. The Balaban J connectivity index is 3.03. The summed E-state index contributed by atoms with van der Waals surface area (Å²) in [5, 5.41) is 0.697. The lowest BCUT2D eigenvalue weighted by Gasteiger charge is -1.96. The van der Waals surface area contributed by atoms with Crippen LogP contribution in [-0.2, 0) is 7.05 Å². The second-order valence-corrected chi connectivity index (χ2v) is 3.30. The normalized spacial score (nSPS) is 11.0. The Morgan fingerprint density at radius 3 is 3.00 bits per heavy atom. The van der Waals surface area contributed by atoms with Crippen molar-refractivity contribution in [3.05, 3.63) is 27.4 Å². The molecule has 2 aromatic heterocycles. The predicted molar refractivity (Wildman–Crippen MR) is 51.1 cm³/mol. The van der Waals surface area contributed by atoms with E-state index in [1.807, 2.05) is 18.5 Å². The fraction of sp³-hybridized carbons (Fsp3) is 0.250. The number of H-pyrrole nitrogens is 1. The van der Waals surface area contributed by atoms with Crippen molar-refractivity contribution in [1.82, 2.24) is 14.5 Å². The summed E-state index contributed by atoms with van der Waals surface area (Å²) >= 11 is 5.63. The molecule has 0 radical (unpaired) electrons. The van der Waals surface area contributed by atoms with Gasteiger partial charge in [0.1, 0.15) is 5.65 Å². The fourth-order valence-electron chi connectivity index (χ4n) is 1.30. The zero-order valence-corrected chi connectivity index (χ0v) is 8.01. The summed E-state index contributed by atoms with van der Waals surface area (Å²) in [5.74, 6) is 0. The Kier molecular flexibility index (Phi) is 1.66. The van der Waals surface area contributed by atoms with E-state index in [1.165, 1.54) is 0 Å². The van der Waals surface area contributed by atoms with Crippen molar-refractivity contribution in [2.45, 2.75) is 6.92 Å². The average molecular weight is 198 g/mol. The topological polar surface area (TPSA) is 50.7 Å². The summed E-state index contributed by atoms with van der Waals surface area (Å²) in [6.45, 7) is 1.91. The van der Waals surface area contributed by atoms with Crippen molar-refractivity contribution >= 4 is 22.6 Å². The Labute approximate surface area is 79.2 Å². The van der Waals surface area contributed by atoms with Gasteiger partial charge in [-0.15, -0.1) is 0 Å². The molecule has 2 rings (SSSR count). The van der Waals surface area contributed by atoms with Gasteiger partial charge in [-0.3, -0.25) is 9.78 Å². The lowest BCUT2D eigenvalue weighted by molar-refractivity contribution is 0.898. The quantitative estimate of drug-likeness (QED) is 0.646. The predicted octanol–water partition coefficient (Wildman–Crippen LogP) is 1.22. The van der Waals surface area contributed by atoms with E-state index in [0.717, 1.165) is 5.69 Å². The van der Waals surface area contributed by atoms with Crippen molar-refractivity contribution in [3.8, 4) is 0 Å². The summed E-state index contributed by atoms with van der Waals surface area (Å²) < 4.78 is 1.83. The molecule has 0 bridgehead atoms. The van der Waals surface area contributed by atoms with Crippen LogP contribution in [0.3, 0.4) is 0 Å². The first-order valence-electron chi connectivity index (χ1n) is 3.81. The summed E-state index contributed by atoms with van der Waals surface area (Å²) in [6, 6.07) is 1.79. The number of fused-ring (bicyclic) bond motifs is 1. The first-order chi connectivity index (χ1) is 6.09. The maximum atomic E-state index is 11.4. The zero-order chi connectivity index (χ0) is 9.59. The van der Waals surface area contributed by atoms with Gasteiger partial charge < -0.3 is 4.57 Å². The molecule has 0 unspecified atom stereocenters. The van der Waals surface area contributed by atoms with Crippen LogP contribution in [0.15, 0.2) is 10.9 Å².